The van der Waals surface area contributed by atoms with Crippen LogP contribution in [0.1, 0.15) is 12.8 Å². The quantitative estimate of drug-likeness (QED) is 0.697. The van der Waals surface area contributed by atoms with Crippen LogP contribution in [0.5, 0.6) is 0 Å². The lowest BCUT2D eigenvalue weighted by Gasteiger charge is -2.18. The number of methoxy groups -OCH3 is 1. The highest BCUT2D eigenvalue weighted by molar-refractivity contribution is 5.76. The number of carbonyl (C=O) groups is 2. The van der Waals surface area contributed by atoms with Gasteiger partial charge in [-0.1, -0.05) is 0 Å². The summed E-state index contributed by atoms with van der Waals surface area (Å²) in [7, 11) is 1.25. The van der Waals surface area contributed by atoms with Crippen molar-refractivity contribution in [1.29, 1.82) is 0 Å². The number of amides is 1. The molecule has 5 heteroatoms. The van der Waals surface area contributed by atoms with Crippen LogP contribution in [0.25, 0.3) is 0 Å². The first-order chi connectivity index (χ1) is 6.13. The lowest BCUT2D eigenvalue weighted by atomic mass is 10.4. The highest BCUT2D eigenvalue weighted by Gasteiger charge is 2.28. The lowest BCUT2D eigenvalue weighted by Crippen LogP contribution is -2.37. The molecule has 0 unspecified atom stereocenters. The molecule has 1 rings (SSSR count). The number of aliphatic carboxylic acids is 1. The topological polar surface area (TPSA) is 66.8 Å². The van der Waals surface area contributed by atoms with Crippen LogP contribution in [0, 0.1) is 5.92 Å². The number of carboxylic acid groups (broad SMARTS) is 1. The van der Waals surface area contributed by atoms with Crippen molar-refractivity contribution in [2.45, 2.75) is 12.8 Å². The molecule has 0 heterocycles. The number of hydrogen-bond donors (Lipinski definition) is 1. The molecule has 0 spiro atoms. The van der Waals surface area contributed by atoms with Gasteiger partial charge in [0.2, 0.25) is 0 Å². The van der Waals surface area contributed by atoms with Crippen molar-refractivity contribution < 1.29 is 19.4 Å². The molecule has 5 nitrogen and oxygen atoms in total. The highest BCUT2D eigenvalue weighted by atomic mass is 16.5. The summed E-state index contributed by atoms with van der Waals surface area (Å²) in [6.45, 7) is 0.224. The molecule has 1 fully saturated rings. The molecule has 0 aliphatic heterocycles. The van der Waals surface area contributed by atoms with Gasteiger partial charge in [-0.05, 0) is 18.8 Å². The van der Waals surface area contributed by atoms with Crippen LogP contribution < -0.4 is 0 Å². The zero-order valence-corrected chi connectivity index (χ0v) is 7.52. The summed E-state index contributed by atoms with van der Waals surface area (Å²) >= 11 is 0. The van der Waals surface area contributed by atoms with E-state index >= 15 is 0 Å². The molecule has 0 aromatic rings. The highest BCUT2D eigenvalue weighted by Crippen LogP contribution is 2.29. The summed E-state index contributed by atoms with van der Waals surface area (Å²) in [5.74, 6) is -0.538. The Morgan fingerprint density at radius 2 is 2.15 bits per heavy atom. The van der Waals surface area contributed by atoms with Crippen LogP contribution in [-0.2, 0) is 9.53 Å². The molecule has 1 amide bonds. The van der Waals surface area contributed by atoms with Gasteiger partial charge >= 0.3 is 12.1 Å². The smallest absolute Gasteiger partial charge is 0.410 e. The number of nitrogens with zero attached hydrogens (tertiary/aromatic N) is 1. The van der Waals surface area contributed by atoms with Gasteiger partial charge in [-0.15, -0.1) is 0 Å². The molecule has 0 bridgehead atoms. The van der Waals surface area contributed by atoms with E-state index in [1.54, 1.807) is 0 Å². The van der Waals surface area contributed by atoms with Gasteiger partial charge in [0.1, 0.15) is 6.54 Å². The summed E-state index contributed by atoms with van der Waals surface area (Å²) < 4.78 is 4.47. The van der Waals surface area contributed by atoms with Crippen molar-refractivity contribution in [3.63, 3.8) is 0 Å². The number of hydrogen-bond acceptors (Lipinski definition) is 3. The third-order valence-corrected chi connectivity index (χ3v) is 1.93. The van der Waals surface area contributed by atoms with E-state index in [9.17, 15) is 9.59 Å². The third kappa shape index (κ3) is 3.31. The van der Waals surface area contributed by atoms with Crippen LogP contribution in [-0.4, -0.2) is 42.3 Å². The zero-order valence-electron chi connectivity index (χ0n) is 7.52. The Bertz CT molecular complexity index is 212. The van der Waals surface area contributed by atoms with Crippen molar-refractivity contribution in [2.24, 2.45) is 5.92 Å². The minimum Gasteiger partial charge on any atom is -0.480 e. The molecule has 1 saturated carbocycles. The standard InChI is InChI=1S/C8H13NO4/c1-13-8(12)9(5-7(10)11)4-6-2-3-6/h6H,2-5H2,1H3,(H,10,11). The maximum atomic E-state index is 11.1. The summed E-state index contributed by atoms with van der Waals surface area (Å²) in [5, 5.41) is 8.51. The van der Waals surface area contributed by atoms with Gasteiger partial charge in [0.15, 0.2) is 0 Å². The molecule has 74 valence electrons. The molecule has 0 aromatic carbocycles. The zero-order chi connectivity index (χ0) is 9.84. The van der Waals surface area contributed by atoms with Crippen LogP contribution in [0.3, 0.4) is 0 Å². The Hall–Kier alpha value is -1.26. The summed E-state index contributed by atoms with van der Waals surface area (Å²) in [6, 6.07) is 0. The van der Waals surface area contributed by atoms with E-state index in [2.05, 4.69) is 4.74 Å². The molecule has 1 aliphatic rings. The van der Waals surface area contributed by atoms with Crippen molar-refractivity contribution in [1.82, 2.24) is 4.90 Å². The molecular weight excluding hydrogens is 174 g/mol. The van der Waals surface area contributed by atoms with E-state index in [0.717, 1.165) is 12.8 Å². The largest absolute Gasteiger partial charge is 0.480 e. The van der Waals surface area contributed by atoms with Gasteiger partial charge < -0.3 is 9.84 Å². The van der Waals surface area contributed by atoms with Crippen LogP contribution in [0.2, 0.25) is 0 Å². The average Bonchev–Trinajstić information content (AvgIpc) is 2.85. The molecule has 0 atom stereocenters. The van der Waals surface area contributed by atoms with Crippen LogP contribution in [0.15, 0.2) is 0 Å². The van der Waals surface area contributed by atoms with E-state index in [1.165, 1.54) is 12.0 Å². The van der Waals surface area contributed by atoms with E-state index in [-0.39, 0.29) is 6.54 Å². The van der Waals surface area contributed by atoms with Gasteiger partial charge in [0, 0.05) is 6.54 Å². The second-order valence-corrected chi connectivity index (χ2v) is 3.19. The lowest BCUT2D eigenvalue weighted by molar-refractivity contribution is -0.138. The minimum absolute atomic E-state index is 0.275. The monoisotopic (exact) mass is 187 g/mol. The SMILES string of the molecule is COC(=O)N(CC(=O)O)CC1CC1. The fourth-order valence-electron chi connectivity index (χ4n) is 1.11. The Morgan fingerprint density at radius 3 is 2.54 bits per heavy atom. The molecule has 1 aliphatic carbocycles. The maximum absolute atomic E-state index is 11.1. The van der Waals surface area contributed by atoms with E-state index in [0.29, 0.717) is 12.5 Å². The molecular formula is C8H13NO4. The fraction of sp³-hybridized carbons (Fsp3) is 0.750. The first-order valence-corrected chi connectivity index (χ1v) is 4.18. The van der Waals surface area contributed by atoms with Gasteiger partial charge in [0.05, 0.1) is 7.11 Å². The van der Waals surface area contributed by atoms with Crippen molar-refractivity contribution in [2.75, 3.05) is 20.2 Å². The fourth-order valence-corrected chi connectivity index (χ4v) is 1.11. The third-order valence-electron chi connectivity index (χ3n) is 1.93. The second-order valence-electron chi connectivity index (χ2n) is 3.19. The van der Waals surface area contributed by atoms with Gasteiger partial charge in [-0.3, -0.25) is 9.69 Å². The number of carboxylic acids is 1. The predicted octanol–water partition coefficient (Wildman–Crippen LogP) is 0.549. The Morgan fingerprint density at radius 1 is 1.54 bits per heavy atom. The molecule has 13 heavy (non-hydrogen) atoms. The van der Waals surface area contributed by atoms with Gasteiger partial charge in [0.25, 0.3) is 0 Å². The van der Waals surface area contributed by atoms with Crippen molar-refractivity contribution in [3.8, 4) is 0 Å². The number of ether oxygens (including phenoxy) is 1. The number of rotatable bonds is 4. The average molecular weight is 187 g/mol. The van der Waals surface area contributed by atoms with Crippen molar-refractivity contribution >= 4 is 12.1 Å². The maximum Gasteiger partial charge on any atom is 0.410 e. The second kappa shape index (κ2) is 4.11. The molecule has 0 aromatic heterocycles. The van der Waals surface area contributed by atoms with Gasteiger partial charge in [-0.25, -0.2) is 4.79 Å². The van der Waals surface area contributed by atoms with Crippen LogP contribution >= 0.6 is 0 Å². The summed E-state index contributed by atoms with van der Waals surface area (Å²) in [6.07, 6.45) is 1.59. The van der Waals surface area contributed by atoms with E-state index in [4.69, 9.17) is 5.11 Å². The minimum atomic E-state index is -1.01. The van der Waals surface area contributed by atoms with Crippen LogP contribution in [0.4, 0.5) is 4.79 Å². The molecule has 0 saturated heterocycles. The first kappa shape index (κ1) is 9.83. The Balaban J connectivity index is 2.41. The van der Waals surface area contributed by atoms with Crippen molar-refractivity contribution in [3.05, 3.63) is 0 Å². The first-order valence-electron chi connectivity index (χ1n) is 4.18. The Kier molecular flexibility index (Phi) is 3.11. The number of carbonyl (C=O) groups excluding carboxylic acids is 1. The van der Waals surface area contributed by atoms with E-state index in [1.807, 2.05) is 0 Å². The Labute approximate surface area is 76.3 Å². The molecule has 1 N–H and O–H groups in total. The van der Waals surface area contributed by atoms with Gasteiger partial charge in [-0.2, -0.15) is 0 Å². The summed E-state index contributed by atoms with van der Waals surface area (Å²) in [4.78, 5) is 22.7. The molecule has 0 radical (unpaired) electrons. The normalized spacial score (nSPS) is 15.2. The van der Waals surface area contributed by atoms with E-state index < -0.39 is 12.1 Å². The predicted molar refractivity (Wildman–Crippen MR) is 44.3 cm³/mol. The summed E-state index contributed by atoms with van der Waals surface area (Å²) in [5.41, 5.74) is 0.